The van der Waals surface area contributed by atoms with Crippen LogP contribution in [0.5, 0.6) is 0 Å². The molecular formula is C39H24F2N2O2. The second-order valence-electron chi connectivity index (χ2n) is 11.2. The van der Waals surface area contributed by atoms with Crippen molar-refractivity contribution in [1.29, 1.82) is 0 Å². The number of para-hydroxylation sites is 2. The van der Waals surface area contributed by atoms with Crippen LogP contribution in [-0.2, 0) is 6.67 Å². The average Bonchev–Trinajstić information content (AvgIpc) is 3.56. The van der Waals surface area contributed by atoms with Crippen molar-refractivity contribution in [2.24, 2.45) is 0 Å². The highest BCUT2D eigenvalue weighted by atomic mass is 19.1. The lowest BCUT2D eigenvalue weighted by Gasteiger charge is -2.12. The van der Waals surface area contributed by atoms with Gasteiger partial charge in [0.05, 0.1) is 22.1 Å². The van der Waals surface area contributed by atoms with Crippen LogP contribution >= 0.6 is 0 Å². The molecule has 0 aliphatic carbocycles. The first-order chi connectivity index (χ1) is 22.0. The Kier molecular flexibility index (Phi) is 6.17. The first-order valence-corrected chi connectivity index (χ1v) is 14.6. The number of halogens is 2. The Hall–Kier alpha value is -5.88. The van der Waals surface area contributed by atoms with Gasteiger partial charge in [-0.1, -0.05) is 36.4 Å². The van der Waals surface area contributed by atoms with Gasteiger partial charge in [0.2, 0.25) is 0 Å². The maximum atomic E-state index is 13.5. The topological polar surface area (TPSA) is 44.0 Å². The van der Waals surface area contributed by atoms with Crippen LogP contribution < -0.4 is 0 Å². The minimum atomic E-state index is -0.383. The predicted molar refractivity (Wildman–Crippen MR) is 174 cm³/mol. The van der Waals surface area contributed by atoms with Crippen molar-refractivity contribution in [3.05, 3.63) is 167 Å². The number of benzene rings is 6. The lowest BCUT2D eigenvalue weighted by atomic mass is 10.0. The summed E-state index contributed by atoms with van der Waals surface area (Å²) in [6, 6.07) is 38.9. The van der Waals surface area contributed by atoms with Gasteiger partial charge in [0.15, 0.2) is 11.6 Å². The Bertz CT molecular complexity index is 2280. The fourth-order valence-electron chi connectivity index (χ4n) is 6.37. The van der Waals surface area contributed by atoms with E-state index in [4.69, 9.17) is 0 Å². The normalized spacial score (nSPS) is 11.6. The van der Waals surface area contributed by atoms with Gasteiger partial charge in [0, 0.05) is 43.8 Å². The van der Waals surface area contributed by atoms with Crippen LogP contribution in [0, 0.1) is 11.6 Å². The minimum absolute atomic E-state index is 0.165. The number of hydrogen-bond donors (Lipinski definition) is 0. The third-order valence-electron chi connectivity index (χ3n) is 8.56. The van der Waals surface area contributed by atoms with Crippen molar-refractivity contribution >= 4 is 55.2 Å². The van der Waals surface area contributed by atoms with Gasteiger partial charge in [-0.2, -0.15) is 0 Å². The van der Waals surface area contributed by atoms with E-state index >= 15 is 0 Å². The van der Waals surface area contributed by atoms with Crippen LogP contribution in [0.3, 0.4) is 0 Å². The number of ketones is 2. The van der Waals surface area contributed by atoms with Gasteiger partial charge in [-0.15, -0.1) is 0 Å². The second-order valence-corrected chi connectivity index (χ2v) is 11.2. The molecule has 6 aromatic carbocycles. The molecule has 0 unspecified atom stereocenters. The SMILES string of the molecule is O=C(c1ccc(F)cc1)c1ccc2c(c1)c1ccccc1n2Cn1c2ccccc2c2cc(C(=O)c3ccc(F)cc3)ccc21. The highest BCUT2D eigenvalue weighted by molar-refractivity contribution is 6.16. The lowest BCUT2D eigenvalue weighted by molar-refractivity contribution is 0.103. The standard InChI is InChI=1S/C39H24F2N2O2/c40-28-15-9-24(10-16-28)38(44)26-13-19-36-32(21-26)30-5-1-3-7-34(30)42(36)23-43-35-8-4-2-6-31(35)33-22-27(14-20-37(33)43)39(45)25-11-17-29(41)18-12-25/h1-22H,23H2. The molecule has 8 rings (SSSR count). The third-order valence-corrected chi connectivity index (χ3v) is 8.56. The number of carbonyl (C=O) groups is 2. The Labute approximate surface area is 256 Å². The number of hydrogen-bond acceptors (Lipinski definition) is 2. The quantitative estimate of drug-likeness (QED) is 0.181. The van der Waals surface area contributed by atoms with E-state index in [9.17, 15) is 18.4 Å². The Balaban J connectivity index is 1.26. The number of nitrogens with zero attached hydrogens (tertiary/aromatic N) is 2. The zero-order chi connectivity index (χ0) is 30.7. The van der Waals surface area contributed by atoms with Crippen molar-refractivity contribution in [2.45, 2.75) is 6.67 Å². The number of fused-ring (bicyclic) bond motifs is 6. The summed E-state index contributed by atoms with van der Waals surface area (Å²) in [5, 5.41) is 3.95. The minimum Gasteiger partial charge on any atom is -0.322 e. The molecule has 0 bridgehead atoms. The molecule has 0 fully saturated rings. The third kappa shape index (κ3) is 4.42. The van der Waals surface area contributed by atoms with Crippen molar-refractivity contribution < 1.29 is 18.4 Å². The molecular weight excluding hydrogens is 566 g/mol. The molecule has 0 amide bonds. The molecule has 0 saturated heterocycles. The average molecular weight is 591 g/mol. The molecule has 2 aromatic heterocycles. The van der Waals surface area contributed by atoms with Crippen molar-refractivity contribution in [3.8, 4) is 0 Å². The number of rotatable bonds is 6. The van der Waals surface area contributed by atoms with Crippen LogP contribution in [0.15, 0.2) is 133 Å². The van der Waals surface area contributed by atoms with E-state index in [0.29, 0.717) is 28.9 Å². The molecule has 0 radical (unpaired) electrons. The fourth-order valence-corrected chi connectivity index (χ4v) is 6.37. The predicted octanol–water partition coefficient (Wildman–Crippen LogP) is 9.15. The molecule has 0 aliphatic rings. The summed E-state index contributed by atoms with van der Waals surface area (Å²) in [6.07, 6.45) is 0. The zero-order valence-electron chi connectivity index (χ0n) is 23.9. The van der Waals surface area contributed by atoms with E-state index in [2.05, 4.69) is 33.4 Å². The monoisotopic (exact) mass is 590 g/mol. The molecule has 0 atom stereocenters. The van der Waals surface area contributed by atoms with Gasteiger partial charge in [-0.05, 0) is 97.1 Å². The van der Waals surface area contributed by atoms with Crippen molar-refractivity contribution in [1.82, 2.24) is 9.13 Å². The summed E-state index contributed by atoms with van der Waals surface area (Å²) < 4.78 is 31.4. The summed E-state index contributed by atoms with van der Waals surface area (Å²) >= 11 is 0. The number of aromatic nitrogens is 2. The Morgan fingerprint density at radius 2 is 0.778 bits per heavy atom. The highest BCUT2D eigenvalue weighted by Gasteiger charge is 2.19. The van der Waals surface area contributed by atoms with Gasteiger partial charge in [0.1, 0.15) is 18.3 Å². The van der Waals surface area contributed by atoms with E-state index in [0.717, 1.165) is 43.6 Å². The van der Waals surface area contributed by atoms with Crippen molar-refractivity contribution in [2.75, 3.05) is 0 Å². The smallest absolute Gasteiger partial charge is 0.193 e. The van der Waals surface area contributed by atoms with Crippen LogP contribution in [0.25, 0.3) is 43.6 Å². The van der Waals surface area contributed by atoms with E-state index in [1.807, 2.05) is 60.7 Å². The molecule has 0 aliphatic heterocycles. The number of carbonyl (C=O) groups excluding carboxylic acids is 2. The van der Waals surface area contributed by atoms with Crippen molar-refractivity contribution in [3.63, 3.8) is 0 Å². The Morgan fingerprint density at radius 3 is 1.20 bits per heavy atom. The first-order valence-electron chi connectivity index (χ1n) is 14.6. The molecule has 4 nitrogen and oxygen atoms in total. The zero-order valence-corrected chi connectivity index (χ0v) is 23.9. The van der Waals surface area contributed by atoms with Crippen LogP contribution in [0.2, 0.25) is 0 Å². The van der Waals surface area contributed by atoms with Gasteiger partial charge in [-0.3, -0.25) is 9.59 Å². The lowest BCUT2D eigenvalue weighted by Crippen LogP contribution is -2.08. The molecule has 0 saturated carbocycles. The largest absolute Gasteiger partial charge is 0.322 e. The van der Waals surface area contributed by atoms with E-state index in [-0.39, 0.29) is 23.2 Å². The van der Waals surface area contributed by atoms with Gasteiger partial charge in [-0.25, -0.2) is 8.78 Å². The Morgan fingerprint density at radius 1 is 0.422 bits per heavy atom. The first kappa shape index (κ1) is 26.7. The summed E-state index contributed by atoms with van der Waals surface area (Å²) in [6.45, 7) is 0.491. The summed E-state index contributed by atoms with van der Waals surface area (Å²) in [5.74, 6) is -1.10. The van der Waals surface area contributed by atoms with Gasteiger partial charge >= 0.3 is 0 Å². The second kappa shape index (κ2) is 10.4. The van der Waals surface area contributed by atoms with E-state index in [1.54, 1.807) is 0 Å². The maximum absolute atomic E-state index is 13.5. The molecule has 0 N–H and O–H groups in total. The van der Waals surface area contributed by atoms with E-state index in [1.165, 1.54) is 48.5 Å². The molecule has 45 heavy (non-hydrogen) atoms. The maximum Gasteiger partial charge on any atom is 0.193 e. The van der Waals surface area contributed by atoms with Crippen LogP contribution in [0.1, 0.15) is 31.8 Å². The highest BCUT2D eigenvalue weighted by Crippen LogP contribution is 2.34. The molecule has 8 aromatic rings. The summed E-state index contributed by atoms with van der Waals surface area (Å²) in [5.41, 5.74) is 5.92. The summed E-state index contributed by atoms with van der Waals surface area (Å²) in [4.78, 5) is 26.6. The fraction of sp³-hybridized carbons (Fsp3) is 0.0256. The van der Waals surface area contributed by atoms with Gasteiger partial charge in [0.25, 0.3) is 0 Å². The van der Waals surface area contributed by atoms with Gasteiger partial charge < -0.3 is 9.13 Å². The molecule has 216 valence electrons. The van der Waals surface area contributed by atoms with Crippen LogP contribution in [-0.4, -0.2) is 20.7 Å². The van der Waals surface area contributed by atoms with E-state index < -0.39 is 0 Å². The van der Waals surface area contributed by atoms with Crippen LogP contribution in [0.4, 0.5) is 8.78 Å². The molecule has 2 heterocycles. The molecule has 6 heteroatoms. The summed E-state index contributed by atoms with van der Waals surface area (Å²) in [7, 11) is 0. The molecule has 0 spiro atoms.